The molecule has 1 aromatic rings. The summed E-state index contributed by atoms with van der Waals surface area (Å²) in [5.74, 6) is 0.923. The molecule has 2 saturated carbocycles. The molecule has 0 bridgehead atoms. The topological polar surface area (TPSA) is 56.7 Å². The van der Waals surface area contributed by atoms with Crippen LogP contribution in [0.2, 0.25) is 0 Å². The van der Waals surface area contributed by atoms with Gasteiger partial charge >= 0.3 is 0 Å². The highest BCUT2D eigenvalue weighted by Gasteiger charge is 2.38. The van der Waals surface area contributed by atoms with Crippen LogP contribution in [0.1, 0.15) is 57.4 Å². The van der Waals surface area contributed by atoms with Crippen LogP contribution in [0.4, 0.5) is 0 Å². The molecule has 2 fully saturated rings. The zero-order valence-electron chi connectivity index (χ0n) is 15.1. The van der Waals surface area contributed by atoms with Crippen molar-refractivity contribution in [3.8, 4) is 0 Å². The van der Waals surface area contributed by atoms with Gasteiger partial charge in [-0.25, -0.2) is 0 Å². The van der Waals surface area contributed by atoms with Crippen molar-refractivity contribution >= 4 is 21.9 Å². The zero-order chi connectivity index (χ0) is 17.7. The van der Waals surface area contributed by atoms with E-state index in [1.54, 1.807) is 0 Å². The largest absolute Gasteiger partial charge is 0.393 e. The SMILES string of the molecule is CCNC(=NCC1(c2ccc(Br)cc2)CCC1)NC1CCC(O)CC1. The van der Waals surface area contributed by atoms with Gasteiger partial charge in [0, 0.05) is 22.5 Å². The first-order chi connectivity index (χ1) is 12.1. The van der Waals surface area contributed by atoms with Crippen LogP contribution in [0.3, 0.4) is 0 Å². The number of hydrogen-bond donors (Lipinski definition) is 3. The number of aliphatic hydroxyl groups is 1. The van der Waals surface area contributed by atoms with Crippen molar-refractivity contribution in [2.24, 2.45) is 4.99 Å². The lowest BCUT2D eigenvalue weighted by atomic mass is 9.64. The third-order valence-electron chi connectivity index (χ3n) is 5.69. The zero-order valence-corrected chi connectivity index (χ0v) is 16.7. The van der Waals surface area contributed by atoms with E-state index in [1.165, 1.54) is 24.8 Å². The molecular weight excluding hydrogens is 378 g/mol. The maximum Gasteiger partial charge on any atom is 0.191 e. The van der Waals surface area contributed by atoms with Crippen molar-refractivity contribution in [2.75, 3.05) is 13.1 Å². The van der Waals surface area contributed by atoms with Crippen molar-refractivity contribution < 1.29 is 5.11 Å². The maximum atomic E-state index is 9.68. The Morgan fingerprint density at radius 3 is 2.44 bits per heavy atom. The van der Waals surface area contributed by atoms with Crippen LogP contribution in [0.15, 0.2) is 33.7 Å². The Morgan fingerprint density at radius 2 is 1.88 bits per heavy atom. The Kier molecular flexibility index (Phi) is 6.39. The predicted octanol–water partition coefficient (Wildman–Crippen LogP) is 3.73. The molecule has 0 unspecified atom stereocenters. The first-order valence-electron chi connectivity index (χ1n) is 9.60. The molecule has 0 aliphatic heterocycles. The van der Waals surface area contributed by atoms with Crippen LogP contribution in [0.5, 0.6) is 0 Å². The predicted molar refractivity (Wildman–Crippen MR) is 107 cm³/mol. The molecule has 5 heteroatoms. The first-order valence-corrected chi connectivity index (χ1v) is 10.4. The number of nitrogens with one attached hydrogen (secondary N) is 2. The van der Waals surface area contributed by atoms with Crippen molar-refractivity contribution in [1.82, 2.24) is 10.6 Å². The normalized spacial score (nSPS) is 26.0. The number of aliphatic imine (C=N–C) groups is 1. The second-order valence-electron chi connectivity index (χ2n) is 7.49. The van der Waals surface area contributed by atoms with Crippen LogP contribution in [-0.4, -0.2) is 36.3 Å². The molecule has 4 nitrogen and oxygen atoms in total. The molecule has 2 aliphatic carbocycles. The lowest BCUT2D eigenvalue weighted by Crippen LogP contribution is -2.46. The lowest BCUT2D eigenvalue weighted by Gasteiger charge is -2.41. The minimum Gasteiger partial charge on any atom is -0.393 e. The molecular formula is C20H30BrN3O. The van der Waals surface area contributed by atoms with Crippen molar-refractivity contribution in [2.45, 2.75) is 69.4 Å². The highest BCUT2D eigenvalue weighted by Crippen LogP contribution is 2.44. The number of hydrogen-bond acceptors (Lipinski definition) is 2. The van der Waals surface area contributed by atoms with Gasteiger partial charge in [0.25, 0.3) is 0 Å². The monoisotopic (exact) mass is 407 g/mol. The van der Waals surface area contributed by atoms with Crippen molar-refractivity contribution in [3.05, 3.63) is 34.3 Å². The van der Waals surface area contributed by atoms with E-state index in [-0.39, 0.29) is 11.5 Å². The molecule has 138 valence electrons. The molecule has 3 N–H and O–H groups in total. The maximum absolute atomic E-state index is 9.68. The number of rotatable bonds is 5. The van der Waals surface area contributed by atoms with Gasteiger partial charge in [-0.1, -0.05) is 34.5 Å². The fraction of sp³-hybridized carbons (Fsp3) is 0.650. The van der Waals surface area contributed by atoms with E-state index in [0.717, 1.165) is 49.2 Å². The quantitative estimate of drug-likeness (QED) is 0.514. The van der Waals surface area contributed by atoms with E-state index in [2.05, 4.69) is 57.8 Å². The van der Waals surface area contributed by atoms with Gasteiger partial charge in [0.1, 0.15) is 0 Å². The Balaban J connectivity index is 1.66. The van der Waals surface area contributed by atoms with Crippen LogP contribution in [0, 0.1) is 0 Å². The second-order valence-corrected chi connectivity index (χ2v) is 8.40. The summed E-state index contributed by atoms with van der Waals surface area (Å²) in [5.41, 5.74) is 1.61. The first kappa shape index (κ1) is 18.7. The van der Waals surface area contributed by atoms with E-state index >= 15 is 0 Å². The molecule has 25 heavy (non-hydrogen) atoms. The molecule has 0 radical (unpaired) electrons. The molecule has 2 aliphatic rings. The number of nitrogens with zero attached hydrogens (tertiary/aromatic N) is 1. The summed E-state index contributed by atoms with van der Waals surface area (Å²) in [6.07, 6.45) is 7.41. The van der Waals surface area contributed by atoms with E-state index < -0.39 is 0 Å². The Hall–Kier alpha value is -1.07. The summed E-state index contributed by atoms with van der Waals surface area (Å²) in [7, 11) is 0. The molecule has 3 rings (SSSR count). The van der Waals surface area contributed by atoms with Crippen LogP contribution in [-0.2, 0) is 5.41 Å². The highest BCUT2D eigenvalue weighted by molar-refractivity contribution is 9.10. The second kappa shape index (κ2) is 8.54. The van der Waals surface area contributed by atoms with Gasteiger partial charge in [0.2, 0.25) is 0 Å². The fourth-order valence-corrected chi connectivity index (χ4v) is 4.17. The number of benzene rings is 1. The average Bonchev–Trinajstić information content (AvgIpc) is 2.57. The molecule has 0 atom stereocenters. The van der Waals surface area contributed by atoms with Crippen molar-refractivity contribution in [3.63, 3.8) is 0 Å². The van der Waals surface area contributed by atoms with Crippen molar-refractivity contribution in [1.29, 1.82) is 0 Å². The molecule has 0 saturated heterocycles. The van der Waals surface area contributed by atoms with Gasteiger partial charge in [-0.15, -0.1) is 0 Å². The molecule has 0 aromatic heterocycles. The summed E-state index contributed by atoms with van der Waals surface area (Å²) < 4.78 is 1.13. The van der Waals surface area contributed by atoms with E-state index in [4.69, 9.17) is 4.99 Å². The minimum absolute atomic E-state index is 0.117. The Labute approximate surface area is 159 Å². The van der Waals surface area contributed by atoms with E-state index in [0.29, 0.717) is 6.04 Å². The smallest absolute Gasteiger partial charge is 0.191 e. The van der Waals surface area contributed by atoms with Crippen LogP contribution >= 0.6 is 15.9 Å². The van der Waals surface area contributed by atoms with E-state index in [1.807, 2.05) is 0 Å². The third kappa shape index (κ3) is 4.76. The van der Waals surface area contributed by atoms with Gasteiger partial charge in [-0.3, -0.25) is 4.99 Å². The average molecular weight is 408 g/mol. The van der Waals surface area contributed by atoms with Crippen LogP contribution in [0.25, 0.3) is 0 Å². The van der Waals surface area contributed by atoms with Gasteiger partial charge in [0.15, 0.2) is 5.96 Å². The Bertz CT molecular complexity index is 575. The summed E-state index contributed by atoms with van der Waals surface area (Å²) >= 11 is 3.53. The standard InChI is InChI=1S/C20H30BrN3O/c1-2-22-19(24-17-8-10-18(25)11-9-17)23-14-20(12-3-13-20)15-4-6-16(21)7-5-15/h4-7,17-18,25H,2-3,8-14H2,1H3,(H2,22,23,24). The van der Waals surface area contributed by atoms with Gasteiger partial charge in [0.05, 0.1) is 12.6 Å². The van der Waals surface area contributed by atoms with Gasteiger partial charge in [-0.2, -0.15) is 0 Å². The highest BCUT2D eigenvalue weighted by atomic mass is 79.9. The summed E-state index contributed by atoms with van der Waals surface area (Å²) in [6.45, 7) is 3.81. The Morgan fingerprint density at radius 1 is 1.20 bits per heavy atom. The third-order valence-corrected chi connectivity index (χ3v) is 6.22. The fourth-order valence-electron chi connectivity index (χ4n) is 3.91. The van der Waals surface area contributed by atoms with E-state index in [9.17, 15) is 5.11 Å². The summed E-state index contributed by atoms with van der Waals surface area (Å²) in [4.78, 5) is 4.94. The molecule has 0 spiro atoms. The number of guanidine groups is 1. The lowest BCUT2D eigenvalue weighted by molar-refractivity contribution is 0.120. The number of halogens is 1. The number of aliphatic hydroxyl groups excluding tert-OH is 1. The van der Waals surface area contributed by atoms with Gasteiger partial charge in [-0.05, 0) is 63.1 Å². The minimum atomic E-state index is -0.117. The summed E-state index contributed by atoms with van der Waals surface area (Å²) in [5, 5.41) is 16.7. The molecule has 0 amide bonds. The summed E-state index contributed by atoms with van der Waals surface area (Å²) in [6, 6.07) is 9.17. The molecule has 0 heterocycles. The molecule has 1 aromatic carbocycles. The van der Waals surface area contributed by atoms with Crippen LogP contribution < -0.4 is 10.6 Å². The van der Waals surface area contributed by atoms with Gasteiger partial charge < -0.3 is 15.7 Å².